The van der Waals surface area contributed by atoms with Gasteiger partial charge in [-0.15, -0.1) is 0 Å². The topological polar surface area (TPSA) is 78.0 Å². The van der Waals surface area contributed by atoms with Crippen molar-refractivity contribution < 1.29 is 9.53 Å². The van der Waals surface area contributed by atoms with Crippen LogP contribution in [0, 0.1) is 0 Å². The SMILES string of the molecule is CN=C(NCCc1cccc(C(=O)NC)c1)NCC1CN2CCCC2CO1. The average Bonchev–Trinajstić information content (AvgIpc) is 3.18. The predicted molar refractivity (Wildman–Crippen MR) is 107 cm³/mol. The Bertz CT molecular complexity index is 664. The van der Waals surface area contributed by atoms with Crippen molar-refractivity contribution in [1.29, 1.82) is 0 Å². The van der Waals surface area contributed by atoms with Gasteiger partial charge in [-0.05, 0) is 43.5 Å². The van der Waals surface area contributed by atoms with Crippen LogP contribution < -0.4 is 16.0 Å². The molecule has 1 aromatic rings. The van der Waals surface area contributed by atoms with Crippen LogP contribution in [0.25, 0.3) is 0 Å². The number of guanidine groups is 1. The van der Waals surface area contributed by atoms with Gasteiger partial charge in [-0.3, -0.25) is 14.7 Å². The highest BCUT2D eigenvalue weighted by molar-refractivity contribution is 5.94. The van der Waals surface area contributed by atoms with E-state index in [1.165, 1.54) is 19.4 Å². The first-order chi connectivity index (χ1) is 13.2. The summed E-state index contributed by atoms with van der Waals surface area (Å²) in [6.07, 6.45) is 3.59. The third kappa shape index (κ3) is 5.43. The van der Waals surface area contributed by atoms with E-state index in [0.29, 0.717) is 11.6 Å². The number of hydrogen-bond acceptors (Lipinski definition) is 4. The van der Waals surface area contributed by atoms with E-state index in [-0.39, 0.29) is 12.0 Å². The van der Waals surface area contributed by atoms with Crippen molar-refractivity contribution in [3.63, 3.8) is 0 Å². The molecule has 27 heavy (non-hydrogen) atoms. The van der Waals surface area contributed by atoms with E-state index in [1.54, 1.807) is 14.1 Å². The van der Waals surface area contributed by atoms with Gasteiger partial charge >= 0.3 is 0 Å². The molecule has 2 aliphatic rings. The summed E-state index contributed by atoms with van der Waals surface area (Å²) in [7, 11) is 3.42. The highest BCUT2D eigenvalue weighted by Crippen LogP contribution is 2.22. The van der Waals surface area contributed by atoms with E-state index in [4.69, 9.17) is 4.74 Å². The lowest BCUT2D eigenvalue weighted by molar-refractivity contribution is -0.0453. The third-order valence-electron chi connectivity index (χ3n) is 5.30. The number of nitrogens with zero attached hydrogens (tertiary/aromatic N) is 2. The van der Waals surface area contributed by atoms with E-state index in [0.717, 1.165) is 44.2 Å². The number of morpholine rings is 1. The van der Waals surface area contributed by atoms with Gasteiger partial charge < -0.3 is 20.7 Å². The fraction of sp³-hybridized carbons (Fsp3) is 0.600. The first kappa shape index (κ1) is 19.6. The number of rotatable bonds is 6. The van der Waals surface area contributed by atoms with Gasteiger partial charge in [0.1, 0.15) is 0 Å². The minimum atomic E-state index is -0.0602. The van der Waals surface area contributed by atoms with E-state index in [1.807, 2.05) is 24.3 Å². The number of aliphatic imine (C=N–C) groups is 1. The van der Waals surface area contributed by atoms with Gasteiger partial charge in [-0.1, -0.05) is 12.1 Å². The van der Waals surface area contributed by atoms with Crippen LogP contribution in [0.4, 0.5) is 0 Å². The Labute approximate surface area is 161 Å². The second kappa shape index (κ2) is 9.71. The minimum Gasteiger partial charge on any atom is -0.373 e. The summed E-state index contributed by atoms with van der Waals surface area (Å²) in [4.78, 5) is 18.6. The molecule has 1 aromatic carbocycles. The molecule has 148 valence electrons. The summed E-state index contributed by atoms with van der Waals surface area (Å²) in [5.41, 5.74) is 1.81. The monoisotopic (exact) mass is 373 g/mol. The number of fused-ring (bicyclic) bond motifs is 1. The first-order valence-corrected chi connectivity index (χ1v) is 9.80. The fourth-order valence-corrected chi connectivity index (χ4v) is 3.78. The van der Waals surface area contributed by atoms with Gasteiger partial charge in [-0.2, -0.15) is 0 Å². The van der Waals surface area contributed by atoms with Crippen LogP contribution >= 0.6 is 0 Å². The van der Waals surface area contributed by atoms with Gasteiger partial charge in [0.2, 0.25) is 0 Å². The summed E-state index contributed by atoms with van der Waals surface area (Å²) >= 11 is 0. The average molecular weight is 374 g/mol. The maximum absolute atomic E-state index is 11.7. The van der Waals surface area contributed by atoms with Crippen LogP contribution in [0.3, 0.4) is 0 Å². The highest BCUT2D eigenvalue weighted by Gasteiger charge is 2.32. The predicted octanol–water partition coefficient (Wildman–Crippen LogP) is 0.617. The fourth-order valence-electron chi connectivity index (χ4n) is 3.78. The van der Waals surface area contributed by atoms with Gasteiger partial charge in [-0.25, -0.2) is 0 Å². The standard InChI is InChI=1S/C20H31N5O2/c1-21-19(26)16-6-3-5-15(11-16)8-9-23-20(22-2)24-12-18-13-25-10-4-7-17(25)14-27-18/h3,5-6,11,17-18H,4,7-10,12-14H2,1-2H3,(H,21,26)(H2,22,23,24). The molecule has 3 N–H and O–H groups in total. The normalized spacial score (nSPS) is 23.0. The van der Waals surface area contributed by atoms with Crippen LogP contribution in [-0.4, -0.2) is 75.8 Å². The molecule has 2 heterocycles. The molecule has 7 nitrogen and oxygen atoms in total. The van der Waals surface area contributed by atoms with Crippen molar-refractivity contribution in [3.8, 4) is 0 Å². The first-order valence-electron chi connectivity index (χ1n) is 9.80. The Morgan fingerprint density at radius 1 is 1.37 bits per heavy atom. The number of amides is 1. The maximum atomic E-state index is 11.7. The Kier molecular flexibility index (Phi) is 7.06. The Balaban J connectivity index is 1.40. The van der Waals surface area contributed by atoms with E-state index in [2.05, 4.69) is 25.8 Å². The third-order valence-corrected chi connectivity index (χ3v) is 5.30. The molecule has 0 bridgehead atoms. The summed E-state index contributed by atoms with van der Waals surface area (Å²) in [5.74, 6) is 0.722. The highest BCUT2D eigenvalue weighted by atomic mass is 16.5. The Hall–Kier alpha value is -2.12. The molecule has 2 aliphatic heterocycles. The number of ether oxygens (including phenoxy) is 1. The molecule has 2 unspecified atom stereocenters. The van der Waals surface area contributed by atoms with Crippen LogP contribution in [-0.2, 0) is 11.2 Å². The van der Waals surface area contributed by atoms with Crippen molar-refractivity contribution in [3.05, 3.63) is 35.4 Å². The zero-order chi connectivity index (χ0) is 19.1. The Morgan fingerprint density at radius 3 is 3.07 bits per heavy atom. The van der Waals surface area contributed by atoms with Crippen molar-refractivity contribution in [1.82, 2.24) is 20.9 Å². The smallest absolute Gasteiger partial charge is 0.251 e. The Morgan fingerprint density at radius 2 is 2.26 bits per heavy atom. The second-order valence-corrected chi connectivity index (χ2v) is 7.16. The minimum absolute atomic E-state index is 0.0602. The molecule has 7 heteroatoms. The molecule has 2 atom stereocenters. The van der Waals surface area contributed by atoms with Crippen molar-refractivity contribution in [2.24, 2.45) is 4.99 Å². The molecule has 0 aliphatic carbocycles. The largest absolute Gasteiger partial charge is 0.373 e. The van der Waals surface area contributed by atoms with Crippen molar-refractivity contribution in [2.75, 3.05) is 46.9 Å². The lowest BCUT2D eigenvalue weighted by Gasteiger charge is -2.35. The molecule has 0 aromatic heterocycles. The summed E-state index contributed by atoms with van der Waals surface area (Å²) in [6.45, 7) is 4.55. The van der Waals surface area contributed by atoms with Gasteiger partial charge in [0, 0.05) is 45.3 Å². The van der Waals surface area contributed by atoms with Crippen LogP contribution in [0.15, 0.2) is 29.3 Å². The maximum Gasteiger partial charge on any atom is 0.251 e. The molecule has 0 radical (unpaired) electrons. The summed E-state index contributed by atoms with van der Waals surface area (Å²) < 4.78 is 5.98. The molecular weight excluding hydrogens is 342 g/mol. The lowest BCUT2D eigenvalue weighted by atomic mass is 10.1. The zero-order valence-corrected chi connectivity index (χ0v) is 16.3. The van der Waals surface area contributed by atoms with E-state index < -0.39 is 0 Å². The molecule has 3 rings (SSSR count). The summed E-state index contributed by atoms with van der Waals surface area (Å²) in [6, 6.07) is 8.33. The summed E-state index contributed by atoms with van der Waals surface area (Å²) in [5, 5.41) is 9.36. The molecule has 0 saturated carbocycles. The lowest BCUT2D eigenvalue weighted by Crippen LogP contribution is -2.51. The number of carbonyl (C=O) groups is 1. The quantitative estimate of drug-likeness (QED) is 0.503. The number of carbonyl (C=O) groups excluding carboxylic acids is 1. The molecule has 2 fully saturated rings. The zero-order valence-electron chi connectivity index (χ0n) is 16.3. The van der Waals surface area contributed by atoms with Gasteiger partial charge in [0.15, 0.2) is 5.96 Å². The molecular formula is C20H31N5O2. The van der Waals surface area contributed by atoms with Gasteiger partial charge in [0.05, 0.1) is 12.7 Å². The van der Waals surface area contributed by atoms with Gasteiger partial charge in [0.25, 0.3) is 5.91 Å². The number of nitrogens with one attached hydrogen (secondary N) is 3. The second-order valence-electron chi connectivity index (χ2n) is 7.16. The van der Waals surface area contributed by atoms with E-state index >= 15 is 0 Å². The van der Waals surface area contributed by atoms with Crippen molar-refractivity contribution >= 4 is 11.9 Å². The molecule has 1 amide bonds. The van der Waals surface area contributed by atoms with Crippen LogP contribution in [0.1, 0.15) is 28.8 Å². The molecule has 0 spiro atoms. The van der Waals surface area contributed by atoms with Crippen LogP contribution in [0.5, 0.6) is 0 Å². The van der Waals surface area contributed by atoms with Crippen molar-refractivity contribution in [2.45, 2.75) is 31.4 Å². The van der Waals surface area contributed by atoms with E-state index in [9.17, 15) is 4.79 Å². The number of hydrogen-bond donors (Lipinski definition) is 3. The molecule has 2 saturated heterocycles. The number of benzene rings is 1. The van der Waals surface area contributed by atoms with Crippen LogP contribution in [0.2, 0.25) is 0 Å².